The normalized spacial score (nSPS) is 21.2. The van der Waals surface area contributed by atoms with Crippen molar-refractivity contribution in [3.63, 3.8) is 0 Å². The molecule has 2 fully saturated rings. The Labute approximate surface area is 157 Å². The summed E-state index contributed by atoms with van der Waals surface area (Å²) in [6, 6.07) is 8.33. The lowest BCUT2D eigenvalue weighted by Crippen LogP contribution is -2.41. The number of para-hydroxylation sites is 1. The number of nitrogens with one attached hydrogen (secondary N) is 1. The van der Waals surface area contributed by atoms with Gasteiger partial charge in [0.25, 0.3) is 0 Å². The van der Waals surface area contributed by atoms with Crippen LogP contribution in [0.1, 0.15) is 44.6 Å². The molecule has 1 aromatic carbocycles. The van der Waals surface area contributed by atoms with Gasteiger partial charge in [-0.3, -0.25) is 0 Å². The number of aliphatic imine (C=N–C) groups is 1. The van der Waals surface area contributed by atoms with Crippen LogP contribution in [-0.4, -0.2) is 50.3 Å². The summed E-state index contributed by atoms with van der Waals surface area (Å²) in [6.45, 7) is 6.34. The molecule has 0 spiro atoms. The predicted molar refractivity (Wildman–Crippen MR) is 106 cm³/mol. The number of rotatable bonds is 7. The first-order valence-corrected chi connectivity index (χ1v) is 10.1. The van der Waals surface area contributed by atoms with Gasteiger partial charge in [0, 0.05) is 38.2 Å². The van der Waals surface area contributed by atoms with Crippen molar-refractivity contribution in [2.75, 3.05) is 33.4 Å². The van der Waals surface area contributed by atoms with E-state index in [9.17, 15) is 0 Å². The molecule has 3 rings (SSSR count). The van der Waals surface area contributed by atoms with E-state index in [1.165, 1.54) is 25.7 Å². The molecule has 1 aromatic rings. The number of guanidine groups is 1. The molecule has 26 heavy (non-hydrogen) atoms. The van der Waals surface area contributed by atoms with Crippen LogP contribution in [0.2, 0.25) is 0 Å². The van der Waals surface area contributed by atoms with Gasteiger partial charge in [0.2, 0.25) is 0 Å². The summed E-state index contributed by atoms with van der Waals surface area (Å²) in [4.78, 5) is 7.10. The first-order chi connectivity index (χ1) is 12.8. The van der Waals surface area contributed by atoms with Crippen molar-refractivity contribution in [1.29, 1.82) is 0 Å². The minimum absolute atomic E-state index is 0.374. The Kier molecular flexibility index (Phi) is 7.18. The third-order valence-electron chi connectivity index (χ3n) is 5.22. The maximum Gasteiger partial charge on any atom is 0.193 e. The molecule has 1 atom stereocenters. The van der Waals surface area contributed by atoms with Gasteiger partial charge < -0.3 is 19.7 Å². The summed E-state index contributed by atoms with van der Waals surface area (Å²) in [6.07, 6.45) is 6.43. The largest absolute Gasteiger partial charge is 0.490 e. The number of hydrogen-bond donors (Lipinski definition) is 1. The van der Waals surface area contributed by atoms with E-state index in [0.29, 0.717) is 18.6 Å². The molecule has 1 saturated carbocycles. The highest BCUT2D eigenvalue weighted by molar-refractivity contribution is 5.79. The van der Waals surface area contributed by atoms with Crippen LogP contribution in [0.3, 0.4) is 0 Å². The first-order valence-electron chi connectivity index (χ1n) is 10.1. The topological polar surface area (TPSA) is 46.1 Å². The fourth-order valence-electron chi connectivity index (χ4n) is 3.77. The number of hydrogen-bond acceptors (Lipinski definition) is 3. The van der Waals surface area contributed by atoms with Gasteiger partial charge in [0.15, 0.2) is 5.96 Å². The molecule has 0 aromatic heterocycles. The molecule has 1 saturated heterocycles. The monoisotopic (exact) mass is 359 g/mol. The minimum Gasteiger partial charge on any atom is -0.490 e. The zero-order valence-electron chi connectivity index (χ0n) is 16.2. The SMILES string of the molecule is CCNC(=NCc1ccccc1OC1CCCC1)N(C)CC1CCOC1. The van der Waals surface area contributed by atoms with Crippen LogP contribution >= 0.6 is 0 Å². The molecule has 1 aliphatic carbocycles. The lowest BCUT2D eigenvalue weighted by molar-refractivity contribution is 0.181. The van der Waals surface area contributed by atoms with Crippen LogP contribution < -0.4 is 10.1 Å². The molecule has 0 bridgehead atoms. The first kappa shape index (κ1) is 19.0. The van der Waals surface area contributed by atoms with E-state index in [1.807, 2.05) is 0 Å². The molecule has 1 unspecified atom stereocenters. The minimum atomic E-state index is 0.374. The van der Waals surface area contributed by atoms with Crippen LogP contribution in [0.4, 0.5) is 0 Å². The average molecular weight is 360 g/mol. The molecule has 2 aliphatic rings. The van der Waals surface area contributed by atoms with Gasteiger partial charge in [-0.2, -0.15) is 0 Å². The predicted octanol–water partition coefficient (Wildman–Crippen LogP) is 3.44. The van der Waals surface area contributed by atoms with E-state index in [-0.39, 0.29) is 0 Å². The van der Waals surface area contributed by atoms with E-state index in [1.54, 1.807) is 0 Å². The van der Waals surface area contributed by atoms with Crippen LogP contribution in [0.25, 0.3) is 0 Å². The van der Waals surface area contributed by atoms with Crippen molar-refractivity contribution in [3.8, 4) is 5.75 Å². The molecule has 5 nitrogen and oxygen atoms in total. The molecule has 1 heterocycles. The fraction of sp³-hybridized carbons (Fsp3) is 0.667. The van der Waals surface area contributed by atoms with Crippen molar-refractivity contribution < 1.29 is 9.47 Å². The van der Waals surface area contributed by atoms with Crippen molar-refractivity contribution >= 4 is 5.96 Å². The number of ether oxygens (including phenoxy) is 2. The van der Waals surface area contributed by atoms with Crippen molar-refractivity contribution in [2.45, 2.75) is 51.7 Å². The maximum absolute atomic E-state index is 6.25. The number of nitrogens with zero attached hydrogens (tertiary/aromatic N) is 2. The van der Waals surface area contributed by atoms with E-state index >= 15 is 0 Å². The number of benzene rings is 1. The van der Waals surface area contributed by atoms with Crippen LogP contribution in [0.5, 0.6) is 5.75 Å². The third-order valence-corrected chi connectivity index (χ3v) is 5.22. The second kappa shape index (κ2) is 9.81. The molecule has 0 radical (unpaired) electrons. The van der Waals surface area contributed by atoms with Gasteiger partial charge in [0.05, 0.1) is 19.3 Å². The summed E-state index contributed by atoms with van der Waals surface area (Å²) in [5.41, 5.74) is 1.16. The van der Waals surface area contributed by atoms with Gasteiger partial charge in [-0.1, -0.05) is 18.2 Å². The Bertz CT molecular complexity index is 578. The standard InChI is InChI=1S/C21H33N3O2/c1-3-22-21(24(2)15-17-12-13-25-16-17)23-14-18-8-4-7-11-20(18)26-19-9-5-6-10-19/h4,7-8,11,17,19H,3,5-6,9-10,12-16H2,1-2H3,(H,22,23). The van der Waals surface area contributed by atoms with E-state index < -0.39 is 0 Å². The van der Waals surface area contributed by atoms with Crippen LogP contribution in [0, 0.1) is 5.92 Å². The molecule has 144 valence electrons. The highest BCUT2D eigenvalue weighted by Crippen LogP contribution is 2.27. The van der Waals surface area contributed by atoms with E-state index in [2.05, 4.69) is 48.5 Å². The van der Waals surface area contributed by atoms with Gasteiger partial charge in [-0.05, 0) is 45.1 Å². The fourth-order valence-corrected chi connectivity index (χ4v) is 3.77. The zero-order valence-corrected chi connectivity index (χ0v) is 16.2. The second-order valence-electron chi connectivity index (χ2n) is 7.41. The highest BCUT2D eigenvalue weighted by atomic mass is 16.5. The van der Waals surface area contributed by atoms with Crippen molar-refractivity contribution in [3.05, 3.63) is 29.8 Å². The summed E-state index contributed by atoms with van der Waals surface area (Å²) in [5, 5.41) is 3.41. The molecule has 0 amide bonds. The van der Waals surface area contributed by atoms with Crippen molar-refractivity contribution in [1.82, 2.24) is 10.2 Å². The van der Waals surface area contributed by atoms with Gasteiger partial charge in [0.1, 0.15) is 5.75 Å². The van der Waals surface area contributed by atoms with Crippen LogP contribution in [-0.2, 0) is 11.3 Å². The Morgan fingerprint density at radius 2 is 2.08 bits per heavy atom. The molecule has 1 N–H and O–H groups in total. The Morgan fingerprint density at radius 3 is 2.81 bits per heavy atom. The summed E-state index contributed by atoms with van der Waals surface area (Å²) < 4.78 is 11.7. The Balaban J connectivity index is 1.64. The molecular formula is C21H33N3O2. The highest BCUT2D eigenvalue weighted by Gasteiger charge is 2.20. The van der Waals surface area contributed by atoms with Gasteiger partial charge >= 0.3 is 0 Å². The van der Waals surface area contributed by atoms with E-state index in [4.69, 9.17) is 14.5 Å². The molecule has 1 aliphatic heterocycles. The van der Waals surface area contributed by atoms with Crippen LogP contribution in [0.15, 0.2) is 29.3 Å². The lowest BCUT2D eigenvalue weighted by atomic mass is 10.1. The van der Waals surface area contributed by atoms with Gasteiger partial charge in [-0.25, -0.2) is 4.99 Å². The average Bonchev–Trinajstić information content (AvgIpc) is 3.34. The smallest absolute Gasteiger partial charge is 0.193 e. The van der Waals surface area contributed by atoms with Gasteiger partial charge in [-0.15, -0.1) is 0 Å². The summed E-state index contributed by atoms with van der Waals surface area (Å²) in [7, 11) is 2.11. The quantitative estimate of drug-likeness (QED) is 0.598. The summed E-state index contributed by atoms with van der Waals surface area (Å²) >= 11 is 0. The Hall–Kier alpha value is -1.75. The van der Waals surface area contributed by atoms with E-state index in [0.717, 1.165) is 50.0 Å². The maximum atomic E-state index is 6.25. The van der Waals surface area contributed by atoms with Crippen molar-refractivity contribution in [2.24, 2.45) is 10.9 Å². The second-order valence-corrected chi connectivity index (χ2v) is 7.41. The Morgan fingerprint density at radius 1 is 1.27 bits per heavy atom. The summed E-state index contributed by atoms with van der Waals surface area (Å²) in [5.74, 6) is 2.54. The molecule has 5 heteroatoms. The lowest BCUT2D eigenvalue weighted by Gasteiger charge is -2.24. The third kappa shape index (κ3) is 5.37. The zero-order chi connectivity index (χ0) is 18.2. The molecular weight excluding hydrogens is 326 g/mol.